The highest BCUT2D eigenvalue weighted by molar-refractivity contribution is 7.92. The van der Waals surface area contributed by atoms with Gasteiger partial charge in [-0.2, -0.15) is 0 Å². The molecule has 0 saturated carbocycles. The van der Waals surface area contributed by atoms with Gasteiger partial charge in [0.1, 0.15) is 5.75 Å². The number of ether oxygens (including phenoxy) is 1. The second-order valence-corrected chi connectivity index (χ2v) is 9.34. The van der Waals surface area contributed by atoms with Crippen molar-refractivity contribution in [3.63, 3.8) is 0 Å². The zero-order chi connectivity index (χ0) is 24.0. The van der Waals surface area contributed by atoms with Crippen molar-refractivity contribution >= 4 is 38.9 Å². The van der Waals surface area contributed by atoms with Crippen LogP contribution in [0.5, 0.6) is 5.75 Å². The number of sulfonamides is 1. The molecular weight excluding hydrogens is 442 g/mol. The van der Waals surface area contributed by atoms with E-state index in [4.69, 9.17) is 4.74 Å². The molecule has 2 amide bonds. The monoisotopic (exact) mass is 467 g/mol. The third kappa shape index (κ3) is 6.33. The Morgan fingerprint density at radius 2 is 1.39 bits per heavy atom. The quantitative estimate of drug-likeness (QED) is 0.524. The van der Waals surface area contributed by atoms with Crippen LogP contribution in [-0.2, 0) is 19.6 Å². The van der Waals surface area contributed by atoms with Crippen LogP contribution >= 0.6 is 0 Å². The standard InChI is InChI=1S/C24H25N3O5S/c1-17-4-14-23(15-5-17)33(30,31)27(3)21-10-12-22(13-11-21)32-16-24(29)26-20-8-6-19(7-9-20)25-18(2)28/h4-15H,16H2,1-3H3,(H,25,28)(H,26,29). The first-order chi connectivity index (χ1) is 15.6. The number of nitrogens with zero attached hydrogens (tertiary/aromatic N) is 1. The first kappa shape index (κ1) is 23.8. The largest absolute Gasteiger partial charge is 0.484 e. The van der Waals surface area contributed by atoms with Crippen LogP contribution in [0.4, 0.5) is 17.1 Å². The Kier molecular flexibility index (Phi) is 7.34. The number of amides is 2. The summed E-state index contributed by atoms with van der Waals surface area (Å²) < 4.78 is 32.3. The summed E-state index contributed by atoms with van der Waals surface area (Å²) in [5, 5.41) is 5.35. The van der Waals surface area contributed by atoms with Crippen molar-refractivity contribution in [2.45, 2.75) is 18.7 Å². The average Bonchev–Trinajstić information content (AvgIpc) is 2.79. The molecule has 0 atom stereocenters. The van der Waals surface area contributed by atoms with Gasteiger partial charge in [0.15, 0.2) is 6.61 Å². The molecule has 0 fully saturated rings. The number of hydrogen-bond donors (Lipinski definition) is 2. The molecule has 0 radical (unpaired) electrons. The van der Waals surface area contributed by atoms with Gasteiger partial charge in [0.2, 0.25) is 5.91 Å². The van der Waals surface area contributed by atoms with E-state index in [9.17, 15) is 18.0 Å². The fourth-order valence-corrected chi connectivity index (χ4v) is 4.14. The second-order valence-electron chi connectivity index (χ2n) is 7.37. The number of nitrogens with one attached hydrogen (secondary N) is 2. The Hall–Kier alpha value is -3.85. The van der Waals surface area contributed by atoms with Gasteiger partial charge in [-0.05, 0) is 67.6 Å². The van der Waals surface area contributed by atoms with Crippen molar-refractivity contribution in [1.29, 1.82) is 0 Å². The number of carbonyl (C=O) groups excluding carboxylic acids is 2. The highest BCUT2D eigenvalue weighted by Gasteiger charge is 2.21. The molecule has 172 valence electrons. The summed E-state index contributed by atoms with van der Waals surface area (Å²) in [6, 6.07) is 19.8. The Labute approximate surface area is 193 Å². The van der Waals surface area contributed by atoms with Crippen LogP contribution in [0.1, 0.15) is 12.5 Å². The summed E-state index contributed by atoms with van der Waals surface area (Å²) in [4.78, 5) is 23.4. The third-order valence-corrected chi connectivity index (χ3v) is 6.54. The topological polar surface area (TPSA) is 105 Å². The second kappa shape index (κ2) is 10.2. The molecule has 0 heterocycles. The van der Waals surface area contributed by atoms with Crippen LogP contribution in [-0.4, -0.2) is 33.9 Å². The Bertz CT molecular complexity index is 1220. The van der Waals surface area contributed by atoms with Gasteiger partial charge in [0.05, 0.1) is 10.6 Å². The average molecular weight is 468 g/mol. The van der Waals surface area contributed by atoms with Crippen LogP contribution < -0.4 is 19.7 Å². The van der Waals surface area contributed by atoms with Gasteiger partial charge >= 0.3 is 0 Å². The predicted octanol–water partition coefficient (Wildman–Crippen LogP) is 3.80. The van der Waals surface area contributed by atoms with E-state index < -0.39 is 10.0 Å². The van der Waals surface area contributed by atoms with Crippen molar-refractivity contribution < 1.29 is 22.7 Å². The number of rotatable bonds is 8. The summed E-state index contributed by atoms with van der Waals surface area (Å²) in [6.07, 6.45) is 0. The lowest BCUT2D eigenvalue weighted by Gasteiger charge is -2.20. The van der Waals surface area contributed by atoms with Crippen LogP contribution in [0.2, 0.25) is 0 Å². The van der Waals surface area contributed by atoms with Gasteiger partial charge in [-0.1, -0.05) is 17.7 Å². The number of carbonyl (C=O) groups is 2. The molecule has 33 heavy (non-hydrogen) atoms. The molecule has 0 unspecified atom stereocenters. The van der Waals surface area contributed by atoms with Crippen LogP contribution in [0.15, 0.2) is 77.7 Å². The Morgan fingerprint density at radius 3 is 1.94 bits per heavy atom. The zero-order valence-electron chi connectivity index (χ0n) is 18.5. The van der Waals surface area contributed by atoms with E-state index in [1.165, 1.54) is 18.3 Å². The molecule has 0 aromatic heterocycles. The minimum atomic E-state index is -3.69. The number of anilines is 3. The molecule has 8 nitrogen and oxygen atoms in total. The van der Waals surface area contributed by atoms with Crippen LogP contribution in [0.3, 0.4) is 0 Å². The Balaban J connectivity index is 1.56. The van der Waals surface area contributed by atoms with Crippen molar-refractivity contribution in [1.82, 2.24) is 0 Å². The van der Waals surface area contributed by atoms with Crippen molar-refractivity contribution in [3.8, 4) is 5.75 Å². The highest BCUT2D eigenvalue weighted by atomic mass is 32.2. The molecule has 0 spiro atoms. The van der Waals surface area contributed by atoms with E-state index in [1.54, 1.807) is 72.8 Å². The molecule has 0 aliphatic carbocycles. The van der Waals surface area contributed by atoms with E-state index in [-0.39, 0.29) is 23.3 Å². The number of aryl methyl sites for hydroxylation is 1. The molecule has 3 rings (SSSR count). The molecule has 0 aliphatic heterocycles. The van der Waals surface area contributed by atoms with Gasteiger partial charge in [-0.3, -0.25) is 13.9 Å². The van der Waals surface area contributed by atoms with Gasteiger partial charge in [0.25, 0.3) is 15.9 Å². The summed E-state index contributed by atoms with van der Waals surface area (Å²) in [6.45, 7) is 3.09. The summed E-state index contributed by atoms with van der Waals surface area (Å²) in [5.74, 6) is -0.105. The molecule has 9 heteroatoms. The smallest absolute Gasteiger partial charge is 0.264 e. The normalized spacial score (nSPS) is 10.9. The maximum atomic E-state index is 12.8. The lowest BCUT2D eigenvalue weighted by Crippen LogP contribution is -2.26. The molecule has 2 N–H and O–H groups in total. The van der Waals surface area contributed by atoms with E-state index in [0.717, 1.165) is 5.56 Å². The lowest BCUT2D eigenvalue weighted by atomic mass is 10.2. The van der Waals surface area contributed by atoms with Gasteiger partial charge in [0, 0.05) is 25.3 Å². The number of benzene rings is 3. The third-order valence-electron chi connectivity index (χ3n) is 4.74. The summed E-state index contributed by atoms with van der Waals surface area (Å²) >= 11 is 0. The Morgan fingerprint density at radius 1 is 0.848 bits per heavy atom. The highest BCUT2D eigenvalue weighted by Crippen LogP contribution is 2.24. The summed E-state index contributed by atoms with van der Waals surface area (Å²) in [5.41, 5.74) is 2.64. The van der Waals surface area contributed by atoms with Crippen molar-refractivity contribution in [3.05, 3.63) is 78.4 Å². The van der Waals surface area contributed by atoms with Gasteiger partial charge in [-0.25, -0.2) is 8.42 Å². The van der Waals surface area contributed by atoms with Crippen molar-refractivity contribution in [2.75, 3.05) is 28.6 Å². The molecule has 0 saturated heterocycles. The van der Waals surface area contributed by atoms with Crippen LogP contribution in [0, 0.1) is 6.92 Å². The van der Waals surface area contributed by atoms with Crippen molar-refractivity contribution in [2.24, 2.45) is 0 Å². The van der Waals surface area contributed by atoms with E-state index in [1.807, 2.05) is 6.92 Å². The molecule has 3 aromatic rings. The minimum Gasteiger partial charge on any atom is -0.484 e. The van der Waals surface area contributed by atoms with E-state index >= 15 is 0 Å². The maximum Gasteiger partial charge on any atom is 0.264 e. The minimum absolute atomic E-state index is 0.176. The lowest BCUT2D eigenvalue weighted by molar-refractivity contribution is -0.118. The fourth-order valence-electron chi connectivity index (χ4n) is 2.95. The van der Waals surface area contributed by atoms with Gasteiger partial charge < -0.3 is 15.4 Å². The van der Waals surface area contributed by atoms with E-state index in [2.05, 4.69) is 10.6 Å². The maximum absolute atomic E-state index is 12.8. The molecular formula is C24H25N3O5S. The molecule has 3 aromatic carbocycles. The first-order valence-corrected chi connectivity index (χ1v) is 11.5. The fraction of sp³-hybridized carbons (Fsp3) is 0.167. The van der Waals surface area contributed by atoms with Gasteiger partial charge in [-0.15, -0.1) is 0 Å². The van der Waals surface area contributed by atoms with E-state index in [0.29, 0.717) is 22.8 Å². The number of hydrogen-bond acceptors (Lipinski definition) is 5. The SMILES string of the molecule is CC(=O)Nc1ccc(NC(=O)COc2ccc(N(C)S(=O)(=O)c3ccc(C)cc3)cc2)cc1. The van der Waals surface area contributed by atoms with Crippen LogP contribution in [0.25, 0.3) is 0 Å². The zero-order valence-corrected chi connectivity index (χ0v) is 19.3. The summed E-state index contributed by atoms with van der Waals surface area (Å²) in [7, 11) is -2.20. The first-order valence-electron chi connectivity index (χ1n) is 10.1. The molecule has 0 bridgehead atoms. The molecule has 0 aliphatic rings. The predicted molar refractivity (Wildman–Crippen MR) is 128 cm³/mol.